The highest BCUT2D eigenvalue weighted by Gasteiger charge is 2.26. The lowest BCUT2D eigenvalue weighted by Crippen LogP contribution is -2.23. The summed E-state index contributed by atoms with van der Waals surface area (Å²) < 4.78 is 50.4. The maximum Gasteiger partial charge on any atom is 0.408 e. The Labute approximate surface area is 105 Å². The highest BCUT2D eigenvalue weighted by atomic mass is 35.5. The molecule has 100 valence electrons. The molecule has 0 N–H and O–H groups in total. The minimum atomic E-state index is -4.47. The molecule has 0 bridgehead atoms. The van der Waals surface area contributed by atoms with Crippen molar-refractivity contribution in [3.05, 3.63) is 28.3 Å². The predicted octanol–water partition coefficient (Wildman–Crippen LogP) is 3.10. The quantitative estimate of drug-likeness (QED) is 0.603. The Kier molecular flexibility index (Phi) is 4.50. The average molecular weight is 284 g/mol. The van der Waals surface area contributed by atoms with Crippen molar-refractivity contribution < 1.29 is 17.6 Å². The molecule has 0 aliphatic carbocycles. The van der Waals surface area contributed by atoms with E-state index in [4.69, 9.17) is 11.6 Å². The van der Waals surface area contributed by atoms with Gasteiger partial charge in [0.05, 0.1) is 5.02 Å². The summed E-state index contributed by atoms with van der Waals surface area (Å²) in [5, 5.41) is 3.23. The van der Waals surface area contributed by atoms with Gasteiger partial charge in [0.15, 0.2) is 5.49 Å². The van der Waals surface area contributed by atoms with Crippen LogP contribution in [0.15, 0.2) is 22.4 Å². The molecule has 0 saturated carbocycles. The van der Waals surface area contributed by atoms with Gasteiger partial charge in [-0.15, -0.1) is 0 Å². The lowest BCUT2D eigenvalue weighted by atomic mass is 10.2. The lowest BCUT2D eigenvalue weighted by molar-refractivity contribution is -0.118. The third-order valence-electron chi connectivity index (χ3n) is 2.05. The first kappa shape index (κ1) is 14.7. The molecule has 0 radical (unpaired) electrons. The van der Waals surface area contributed by atoms with Crippen molar-refractivity contribution in [3.8, 4) is 0 Å². The standard InChI is InChI=1S/C10H10ClF4N3/c1-6(12)7-3-4-18(16-2)9(8(7)11)17-5-10(13,14)15/h3-4,6H,2,5H2,1H3/b17-9-. The van der Waals surface area contributed by atoms with Gasteiger partial charge in [-0.25, -0.2) is 9.07 Å². The molecule has 1 atom stereocenters. The zero-order chi connectivity index (χ0) is 13.9. The minimum Gasteiger partial charge on any atom is -0.256 e. The Hall–Kier alpha value is -1.37. The summed E-state index contributed by atoms with van der Waals surface area (Å²) in [6.07, 6.45) is -4.64. The molecule has 0 aromatic carbocycles. The highest BCUT2D eigenvalue weighted by molar-refractivity contribution is 6.31. The summed E-state index contributed by atoms with van der Waals surface area (Å²) in [5.41, 5.74) is -0.219. The molecule has 0 aliphatic heterocycles. The van der Waals surface area contributed by atoms with Crippen molar-refractivity contribution in [2.24, 2.45) is 10.1 Å². The Balaban J connectivity index is 3.39. The highest BCUT2D eigenvalue weighted by Crippen LogP contribution is 2.22. The third-order valence-corrected chi connectivity index (χ3v) is 2.44. The van der Waals surface area contributed by atoms with Gasteiger partial charge in [-0.1, -0.05) is 11.6 Å². The zero-order valence-electron chi connectivity index (χ0n) is 9.38. The van der Waals surface area contributed by atoms with E-state index in [0.717, 1.165) is 4.68 Å². The molecule has 0 amide bonds. The second-order valence-corrected chi connectivity index (χ2v) is 3.82. The maximum absolute atomic E-state index is 13.2. The van der Waals surface area contributed by atoms with Crippen molar-refractivity contribution in [1.29, 1.82) is 0 Å². The molecule has 1 rings (SSSR count). The predicted molar refractivity (Wildman–Crippen MR) is 60.4 cm³/mol. The Morgan fingerprint density at radius 2 is 2.11 bits per heavy atom. The van der Waals surface area contributed by atoms with E-state index in [-0.39, 0.29) is 16.1 Å². The van der Waals surface area contributed by atoms with Gasteiger partial charge in [-0.3, -0.25) is 4.99 Å². The fraction of sp³-hybridized carbons (Fsp3) is 0.400. The van der Waals surface area contributed by atoms with E-state index in [1.807, 2.05) is 0 Å². The first-order valence-corrected chi connectivity index (χ1v) is 5.23. The van der Waals surface area contributed by atoms with Crippen molar-refractivity contribution in [1.82, 2.24) is 4.68 Å². The molecular formula is C10H10ClF4N3. The fourth-order valence-corrected chi connectivity index (χ4v) is 1.61. The number of pyridine rings is 1. The van der Waals surface area contributed by atoms with Gasteiger partial charge < -0.3 is 0 Å². The van der Waals surface area contributed by atoms with Crippen LogP contribution in [-0.2, 0) is 0 Å². The van der Waals surface area contributed by atoms with E-state index in [0.29, 0.717) is 0 Å². The van der Waals surface area contributed by atoms with E-state index >= 15 is 0 Å². The molecular weight excluding hydrogens is 274 g/mol. The molecule has 18 heavy (non-hydrogen) atoms. The van der Waals surface area contributed by atoms with Crippen LogP contribution in [0, 0.1) is 0 Å². The van der Waals surface area contributed by atoms with Crippen molar-refractivity contribution >= 4 is 18.3 Å². The Morgan fingerprint density at radius 3 is 2.56 bits per heavy atom. The number of rotatable bonds is 3. The van der Waals surface area contributed by atoms with Crippen LogP contribution in [0.3, 0.4) is 0 Å². The van der Waals surface area contributed by atoms with Crippen LogP contribution in [-0.4, -0.2) is 24.1 Å². The second-order valence-electron chi connectivity index (χ2n) is 3.44. The summed E-state index contributed by atoms with van der Waals surface area (Å²) >= 11 is 5.81. The van der Waals surface area contributed by atoms with Crippen LogP contribution in [0.4, 0.5) is 17.6 Å². The van der Waals surface area contributed by atoms with Crippen LogP contribution in [0.25, 0.3) is 0 Å². The van der Waals surface area contributed by atoms with E-state index in [1.165, 1.54) is 19.2 Å². The van der Waals surface area contributed by atoms with E-state index in [2.05, 4.69) is 16.8 Å². The molecule has 1 aromatic heterocycles. The van der Waals surface area contributed by atoms with E-state index in [9.17, 15) is 17.6 Å². The minimum absolute atomic E-state index is 0.0532. The second kappa shape index (κ2) is 5.51. The lowest BCUT2D eigenvalue weighted by Gasteiger charge is -2.09. The molecule has 0 fully saturated rings. The van der Waals surface area contributed by atoms with Gasteiger partial charge in [-0.05, 0) is 13.0 Å². The molecule has 1 aromatic rings. The summed E-state index contributed by atoms with van der Waals surface area (Å²) in [4.78, 5) is 3.30. The van der Waals surface area contributed by atoms with E-state index in [1.54, 1.807) is 0 Å². The van der Waals surface area contributed by atoms with Gasteiger partial charge in [-0.2, -0.15) is 18.3 Å². The largest absolute Gasteiger partial charge is 0.408 e. The van der Waals surface area contributed by atoms with Gasteiger partial charge in [0, 0.05) is 18.5 Å². The molecule has 8 heteroatoms. The number of aromatic nitrogens is 1. The molecule has 3 nitrogen and oxygen atoms in total. The first-order chi connectivity index (χ1) is 8.26. The van der Waals surface area contributed by atoms with Crippen molar-refractivity contribution in [2.75, 3.05) is 6.54 Å². The molecule has 0 saturated heterocycles. The fourth-order valence-electron chi connectivity index (χ4n) is 1.25. The van der Waals surface area contributed by atoms with Crippen LogP contribution in [0.2, 0.25) is 5.02 Å². The Bertz CT molecular complexity index is 505. The van der Waals surface area contributed by atoms with Gasteiger partial charge >= 0.3 is 6.18 Å². The monoisotopic (exact) mass is 283 g/mol. The molecule has 0 aliphatic rings. The van der Waals surface area contributed by atoms with Gasteiger partial charge in [0.1, 0.15) is 12.7 Å². The molecule has 1 unspecified atom stereocenters. The van der Waals surface area contributed by atoms with Gasteiger partial charge in [0.25, 0.3) is 0 Å². The normalized spacial score (nSPS) is 14.7. The van der Waals surface area contributed by atoms with Crippen molar-refractivity contribution in [2.45, 2.75) is 19.3 Å². The number of nitrogens with zero attached hydrogens (tertiary/aromatic N) is 3. The molecule has 0 spiro atoms. The van der Waals surface area contributed by atoms with Crippen LogP contribution in [0.1, 0.15) is 18.7 Å². The number of halogens is 5. The summed E-state index contributed by atoms with van der Waals surface area (Å²) in [6.45, 7) is 2.97. The van der Waals surface area contributed by atoms with Crippen LogP contribution >= 0.6 is 11.6 Å². The number of alkyl halides is 4. The maximum atomic E-state index is 13.2. The van der Waals surface area contributed by atoms with Crippen LogP contribution in [0.5, 0.6) is 0 Å². The van der Waals surface area contributed by atoms with Crippen molar-refractivity contribution in [3.63, 3.8) is 0 Å². The zero-order valence-corrected chi connectivity index (χ0v) is 10.1. The number of hydrogen-bond donors (Lipinski definition) is 0. The SMILES string of the molecule is C=Nn1ccc(C(C)F)c(Cl)/c1=N/CC(F)(F)F. The third kappa shape index (κ3) is 3.56. The topological polar surface area (TPSA) is 29.6 Å². The van der Waals surface area contributed by atoms with Gasteiger partial charge in [0.2, 0.25) is 0 Å². The average Bonchev–Trinajstić information content (AvgIpc) is 2.25. The Morgan fingerprint density at radius 1 is 1.50 bits per heavy atom. The smallest absolute Gasteiger partial charge is 0.256 e. The summed E-state index contributed by atoms with van der Waals surface area (Å²) in [5.74, 6) is 0. The van der Waals surface area contributed by atoms with E-state index < -0.39 is 18.9 Å². The summed E-state index contributed by atoms with van der Waals surface area (Å²) in [7, 11) is 0. The number of hydrogen-bond acceptors (Lipinski definition) is 2. The molecule has 1 heterocycles. The first-order valence-electron chi connectivity index (χ1n) is 4.85. The van der Waals surface area contributed by atoms with Crippen LogP contribution < -0.4 is 5.49 Å². The summed E-state index contributed by atoms with van der Waals surface area (Å²) in [6, 6.07) is 1.31.